The van der Waals surface area contributed by atoms with Crippen molar-refractivity contribution in [3.63, 3.8) is 0 Å². The van der Waals surface area contributed by atoms with Crippen LogP contribution in [0, 0.1) is 5.82 Å². The van der Waals surface area contributed by atoms with Crippen LogP contribution in [-0.2, 0) is 11.3 Å². The number of nitrogens with one attached hydrogen (secondary N) is 2. The van der Waals surface area contributed by atoms with Crippen molar-refractivity contribution >= 4 is 11.7 Å². The molecule has 0 saturated carbocycles. The number of aromatic nitrogens is 2. The summed E-state index contributed by atoms with van der Waals surface area (Å²) in [6.45, 7) is 4.31. The van der Waals surface area contributed by atoms with E-state index in [1.54, 1.807) is 0 Å². The minimum absolute atomic E-state index is 0.0822. The molecule has 0 aliphatic carbocycles. The van der Waals surface area contributed by atoms with Crippen LogP contribution in [0.5, 0.6) is 0 Å². The van der Waals surface area contributed by atoms with Crippen LogP contribution in [0.25, 0.3) is 0 Å². The molecule has 1 aromatic carbocycles. The van der Waals surface area contributed by atoms with Gasteiger partial charge in [-0.05, 0) is 38.1 Å². The smallest absolute Gasteiger partial charge is 0.319 e. The van der Waals surface area contributed by atoms with Gasteiger partial charge in [0.25, 0.3) is 0 Å². The first kappa shape index (κ1) is 15.9. The lowest BCUT2D eigenvalue weighted by molar-refractivity contribution is 0.0683. The molecule has 7 nitrogen and oxygen atoms in total. The van der Waals surface area contributed by atoms with Gasteiger partial charge >= 0.3 is 6.03 Å². The van der Waals surface area contributed by atoms with Gasteiger partial charge in [0.2, 0.25) is 5.89 Å². The SMILES string of the molecule is CCOC(C)c1noc(CNC(=O)Nc2ccc(F)cc2)n1. The molecule has 118 valence electrons. The molecule has 1 aromatic heterocycles. The fourth-order valence-electron chi connectivity index (χ4n) is 1.69. The van der Waals surface area contributed by atoms with Gasteiger partial charge in [0.15, 0.2) is 5.82 Å². The molecule has 2 N–H and O–H groups in total. The second kappa shape index (κ2) is 7.51. The largest absolute Gasteiger partial charge is 0.371 e. The number of ether oxygens (including phenoxy) is 1. The van der Waals surface area contributed by atoms with Crippen LogP contribution in [0.2, 0.25) is 0 Å². The fraction of sp³-hybridized carbons (Fsp3) is 0.357. The summed E-state index contributed by atoms with van der Waals surface area (Å²) in [7, 11) is 0. The predicted molar refractivity (Wildman–Crippen MR) is 76.6 cm³/mol. The molecule has 1 atom stereocenters. The number of rotatable bonds is 6. The lowest BCUT2D eigenvalue weighted by atomic mass is 10.3. The van der Waals surface area contributed by atoms with Crippen LogP contribution in [0.15, 0.2) is 28.8 Å². The Morgan fingerprint density at radius 1 is 1.41 bits per heavy atom. The number of benzene rings is 1. The maximum absolute atomic E-state index is 12.7. The highest BCUT2D eigenvalue weighted by atomic mass is 19.1. The van der Waals surface area contributed by atoms with Crippen molar-refractivity contribution < 1.29 is 18.4 Å². The zero-order valence-electron chi connectivity index (χ0n) is 12.3. The highest BCUT2D eigenvalue weighted by Gasteiger charge is 2.14. The van der Waals surface area contributed by atoms with Crippen molar-refractivity contribution in [3.05, 3.63) is 41.8 Å². The number of hydrogen-bond acceptors (Lipinski definition) is 5. The van der Waals surface area contributed by atoms with Crippen LogP contribution in [-0.4, -0.2) is 22.8 Å². The molecule has 0 spiro atoms. The zero-order valence-corrected chi connectivity index (χ0v) is 12.3. The number of anilines is 1. The average Bonchev–Trinajstić information content (AvgIpc) is 2.97. The maximum atomic E-state index is 12.7. The molecule has 0 saturated heterocycles. The van der Waals surface area contributed by atoms with E-state index in [2.05, 4.69) is 20.8 Å². The highest BCUT2D eigenvalue weighted by molar-refractivity contribution is 5.89. The average molecular weight is 308 g/mol. The number of nitrogens with zero attached hydrogens (tertiary/aromatic N) is 2. The van der Waals surface area contributed by atoms with Crippen molar-refractivity contribution in [1.82, 2.24) is 15.5 Å². The minimum Gasteiger partial charge on any atom is -0.371 e. The molecule has 2 aromatic rings. The van der Waals surface area contributed by atoms with E-state index in [0.717, 1.165) is 0 Å². The number of carbonyl (C=O) groups excluding carboxylic acids is 1. The first-order valence-corrected chi connectivity index (χ1v) is 6.83. The Morgan fingerprint density at radius 3 is 2.82 bits per heavy atom. The third kappa shape index (κ3) is 4.52. The summed E-state index contributed by atoms with van der Waals surface area (Å²) < 4.78 is 23.1. The van der Waals surface area contributed by atoms with Gasteiger partial charge in [0.05, 0.1) is 6.54 Å². The summed E-state index contributed by atoms with van der Waals surface area (Å²) in [5, 5.41) is 8.91. The topological polar surface area (TPSA) is 89.3 Å². The predicted octanol–water partition coefficient (Wildman–Crippen LogP) is 2.63. The summed E-state index contributed by atoms with van der Waals surface area (Å²) in [6.07, 6.45) is -0.268. The lowest BCUT2D eigenvalue weighted by Gasteiger charge is -2.06. The van der Waals surface area contributed by atoms with Gasteiger partial charge in [0, 0.05) is 12.3 Å². The van der Waals surface area contributed by atoms with Crippen molar-refractivity contribution in [3.8, 4) is 0 Å². The molecule has 2 amide bonds. The molecule has 0 bridgehead atoms. The van der Waals surface area contributed by atoms with E-state index in [9.17, 15) is 9.18 Å². The summed E-state index contributed by atoms with van der Waals surface area (Å²) in [4.78, 5) is 15.8. The van der Waals surface area contributed by atoms with E-state index in [0.29, 0.717) is 18.1 Å². The monoisotopic (exact) mass is 308 g/mol. The fourth-order valence-corrected chi connectivity index (χ4v) is 1.69. The van der Waals surface area contributed by atoms with E-state index in [1.807, 2.05) is 13.8 Å². The van der Waals surface area contributed by atoms with E-state index < -0.39 is 6.03 Å². The third-order valence-electron chi connectivity index (χ3n) is 2.77. The van der Waals surface area contributed by atoms with Gasteiger partial charge in [-0.25, -0.2) is 9.18 Å². The minimum atomic E-state index is -0.454. The molecule has 0 aliphatic rings. The van der Waals surface area contributed by atoms with Crippen molar-refractivity contribution in [1.29, 1.82) is 0 Å². The van der Waals surface area contributed by atoms with Gasteiger partial charge < -0.3 is 19.9 Å². The quantitative estimate of drug-likeness (QED) is 0.856. The number of hydrogen-bond donors (Lipinski definition) is 2. The van der Waals surface area contributed by atoms with E-state index >= 15 is 0 Å². The number of amides is 2. The first-order valence-electron chi connectivity index (χ1n) is 6.83. The second-order valence-electron chi connectivity index (χ2n) is 4.46. The molecule has 2 rings (SSSR count). The van der Waals surface area contributed by atoms with Crippen LogP contribution in [0.4, 0.5) is 14.9 Å². The van der Waals surface area contributed by atoms with E-state index in [4.69, 9.17) is 9.26 Å². The van der Waals surface area contributed by atoms with Gasteiger partial charge in [-0.3, -0.25) is 0 Å². The van der Waals surface area contributed by atoms with Crippen molar-refractivity contribution in [2.24, 2.45) is 0 Å². The molecule has 8 heteroatoms. The van der Waals surface area contributed by atoms with Gasteiger partial charge in [-0.2, -0.15) is 4.98 Å². The molecule has 0 fully saturated rings. The Bertz CT molecular complexity index is 615. The van der Waals surface area contributed by atoms with Crippen LogP contribution in [0.3, 0.4) is 0 Å². The standard InChI is InChI=1S/C14H17FN4O3/c1-3-21-9(2)13-18-12(22-19-13)8-16-14(20)17-11-6-4-10(15)5-7-11/h4-7,9H,3,8H2,1-2H3,(H2,16,17,20). The molecular formula is C14H17FN4O3. The molecule has 1 heterocycles. The van der Waals surface area contributed by atoms with Gasteiger partial charge in [-0.1, -0.05) is 5.16 Å². The van der Waals surface area contributed by atoms with Crippen molar-refractivity contribution in [2.45, 2.75) is 26.5 Å². The Kier molecular flexibility index (Phi) is 5.42. The molecule has 22 heavy (non-hydrogen) atoms. The van der Waals surface area contributed by atoms with Gasteiger partial charge in [-0.15, -0.1) is 0 Å². The second-order valence-corrected chi connectivity index (χ2v) is 4.46. The van der Waals surface area contributed by atoms with E-state index in [1.165, 1.54) is 24.3 Å². The lowest BCUT2D eigenvalue weighted by Crippen LogP contribution is -2.28. The van der Waals surface area contributed by atoms with E-state index in [-0.39, 0.29) is 24.4 Å². The zero-order chi connectivity index (χ0) is 15.9. The molecule has 0 aliphatic heterocycles. The molecule has 1 unspecified atom stereocenters. The van der Waals surface area contributed by atoms with Crippen molar-refractivity contribution in [2.75, 3.05) is 11.9 Å². The van der Waals surface area contributed by atoms with Gasteiger partial charge in [0.1, 0.15) is 11.9 Å². The van der Waals surface area contributed by atoms with Crippen LogP contribution in [0.1, 0.15) is 31.7 Å². The highest BCUT2D eigenvalue weighted by Crippen LogP contribution is 2.12. The Hall–Kier alpha value is -2.48. The first-order chi connectivity index (χ1) is 10.6. The summed E-state index contributed by atoms with van der Waals surface area (Å²) in [6, 6.07) is 4.99. The number of halogens is 1. The number of carbonyl (C=O) groups is 1. The summed E-state index contributed by atoms with van der Waals surface area (Å²) >= 11 is 0. The van der Waals surface area contributed by atoms with Crippen LogP contribution < -0.4 is 10.6 Å². The normalized spacial score (nSPS) is 12.0. The summed E-state index contributed by atoms with van der Waals surface area (Å²) in [5.74, 6) is 0.334. The third-order valence-corrected chi connectivity index (χ3v) is 2.77. The molecule has 0 radical (unpaired) electrons. The summed E-state index contributed by atoms with van der Waals surface area (Å²) in [5.41, 5.74) is 0.482. The number of urea groups is 1. The Labute approximate surface area is 126 Å². The molecular weight excluding hydrogens is 291 g/mol. The Morgan fingerprint density at radius 2 is 2.14 bits per heavy atom. The Balaban J connectivity index is 1.82. The maximum Gasteiger partial charge on any atom is 0.319 e. The van der Waals surface area contributed by atoms with Crippen LogP contribution >= 0.6 is 0 Å².